The number of thiol groups is 1. The molecule has 1 aliphatic rings. The van der Waals surface area contributed by atoms with Gasteiger partial charge in [-0.15, -0.1) is 0 Å². The molecular formula is C28H46F3N5O2S. The quantitative estimate of drug-likeness (QED) is 0.156. The van der Waals surface area contributed by atoms with Crippen LogP contribution in [-0.2, 0) is 11.0 Å². The van der Waals surface area contributed by atoms with Gasteiger partial charge in [0.2, 0.25) is 0 Å². The summed E-state index contributed by atoms with van der Waals surface area (Å²) in [6, 6.07) is 1.39. The number of nitrogens with two attached hydrogens (primary N) is 2. The molecule has 11 heteroatoms. The molecule has 1 aromatic heterocycles. The molecule has 2 rings (SSSR count). The van der Waals surface area contributed by atoms with Gasteiger partial charge >= 0.3 is 6.18 Å². The van der Waals surface area contributed by atoms with Crippen molar-refractivity contribution in [3.05, 3.63) is 47.3 Å². The molecule has 0 bridgehead atoms. The number of carbonyl (C=O) groups is 2. The van der Waals surface area contributed by atoms with Crippen LogP contribution in [0.25, 0.3) is 0 Å². The van der Waals surface area contributed by atoms with Crippen molar-refractivity contribution < 1.29 is 22.8 Å². The Hall–Kier alpha value is -2.82. The lowest BCUT2D eigenvalue weighted by atomic mass is 9.89. The largest absolute Gasteiger partial charge is 0.433 e. The van der Waals surface area contributed by atoms with Crippen molar-refractivity contribution in [2.75, 3.05) is 18.5 Å². The van der Waals surface area contributed by atoms with Crippen LogP contribution in [0.1, 0.15) is 89.7 Å². The van der Waals surface area contributed by atoms with Crippen LogP contribution in [0.5, 0.6) is 0 Å². The Morgan fingerprint density at radius 3 is 2.18 bits per heavy atom. The Kier molecular flexibility index (Phi) is 18.9. The third kappa shape index (κ3) is 11.4. The molecular weight excluding hydrogens is 527 g/mol. The number of carbonyl (C=O) groups excluding carboxylic acids is 2. The molecule has 39 heavy (non-hydrogen) atoms. The predicted octanol–water partition coefficient (Wildman–Crippen LogP) is 6.70. The van der Waals surface area contributed by atoms with Gasteiger partial charge in [0.1, 0.15) is 11.5 Å². The zero-order valence-electron chi connectivity index (χ0n) is 24.3. The Morgan fingerprint density at radius 2 is 1.79 bits per heavy atom. The number of ketones is 1. The van der Waals surface area contributed by atoms with Gasteiger partial charge in [-0.2, -0.15) is 25.8 Å². The van der Waals surface area contributed by atoms with Gasteiger partial charge in [0.25, 0.3) is 5.91 Å². The first-order chi connectivity index (χ1) is 18.3. The average molecular weight is 574 g/mol. The van der Waals surface area contributed by atoms with Gasteiger partial charge in [0.15, 0.2) is 5.78 Å². The lowest BCUT2D eigenvalue weighted by Gasteiger charge is -2.38. The smallest absolute Gasteiger partial charge is 0.402 e. The minimum absolute atomic E-state index is 0.0803. The minimum Gasteiger partial charge on any atom is -0.402 e. The minimum atomic E-state index is -4.63. The molecule has 1 aliphatic heterocycles. The second-order valence-corrected chi connectivity index (χ2v) is 8.38. The highest BCUT2D eigenvalue weighted by atomic mass is 32.1. The van der Waals surface area contributed by atoms with Crippen LogP contribution in [0, 0.1) is 11.3 Å². The summed E-state index contributed by atoms with van der Waals surface area (Å²) in [6.45, 7) is 15.4. The molecule has 0 spiro atoms. The highest BCUT2D eigenvalue weighted by Crippen LogP contribution is 2.31. The van der Waals surface area contributed by atoms with E-state index in [1.165, 1.54) is 11.0 Å². The topological polar surface area (TPSA) is 126 Å². The molecule has 2 heterocycles. The Morgan fingerprint density at radius 1 is 1.23 bits per heavy atom. The first-order valence-electron chi connectivity index (χ1n) is 13.2. The summed E-state index contributed by atoms with van der Waals surface area (Å²) in [4.78, 5) is 28.5. The molecule has 0 fully saturated rings. The maximum atomic E-state index is 13.0. The zero-order valence-corrected chi connectivity index (χ0v) is 25.2. The molecule has 222 valence electrons. The fraction of sp³-hybridized carbons (Fsp3) is 0.571. The summed E-state index contributed by atoms with van der Waals surface area (Å²) < 4.78 is 38.3. The van der Waals surface area contributed by atoms with E-state index >= 15 is 0 Å². The number of alkyl halides is 3. The van der Waals surface area contributed by atoms with E-state index in [2.05, 4.69) is 24.2 Å². The van der Waals surface area contributed by atoms with E-state index in [9.17, 15) is 22.8 Å². The molecule has 1 aromatic rings. The number of pyridine rings is 1. The first-order valence-corrected chi connectivity index (χ1v) is 14.0. The number of aromatic nitrogens is 1. The molecule has 2 atom stereocenters. The lowest BCUT2D eigenvalue weighted by molar-refractivity contribution is -0.141. The predicted molar refractivity (Wildman–Crippen MR) is 158 cm³/mol. The number of nitrogen functional groups attached to an aromatic ring is 1. The number of halogens is 3. The third-order valence-electron chi connectivity index (χ3n) is 5.89. The van der Waals surface area contributed by atoms with Gasteiger partial charge in [-0.25, -0.2) is 4.98 Å². The number of hydrogen-bond acceptors (Lipinski definition) is 7. The van der Waals surface area contributed by atoms with Crippen molar-refractivity contribution in [3.63, 3.8) is 0 Å². The van der Waals surface area contributed by atoms with Crippen LogP contribution in [0.2, 0.25) is 0 Å². The second kappa shape index (κ2) is 19.3. The van der Waals surface area contributed by atoms with E-state index in [-0.39, 0.29) is 17.3 Å². The number of nitrogens with one attached hydrogen (secondary N) is 1. The normalized spacial score (nSPS) is 15.4. The fourth-order valence-electron chi connectivity index (χ4n) is 3.72. The van der Waals surface area contributed by atoms with Crippen LogP contribution in [0.3, 0.4) is 0 Å². The van der Waals surface area contributed by atoms with Crippen molar-refractivity contribution in [2.24, 2.45) is 11.7 Å². The second-order valence-electron chi connectivity index (χ2n) is 8.38. The standard InChI is InChI=1S/C18H24F3N5O.C7H12O.C2H6.CH4S/c1-3-5-11(22)15-12(23)8-9-26(13(15)4-2)17(27)10-6-7-14(18(19,20)21)25-16(10)24;1-4-6(3)7(8)5-2;2*1-2/h6-7,13,22H,3-5,8-9,23H2,1-2H3,(H2,24,25);5-6H,2,4H2,1,3H3;1-2H3;2H,1H3. The number of allylic oxidation sites excluding steroid dienone is 1. The average Bonchev–Trinajstić information content (AvgIpc) is 2.93. The van der Waals surface area contributed by atoms with Crippen molar-refractivity contribution in [2.45, 2.75) is 85.9 Å². The number of anilines is 1. The maximum Gasteiger partial charge on any atom is 0.433 e. The Balaban J connectivity index is 0. The molecule has 0 radical (unpaired) electrons. The van der Waals surface area contributed by atoms with Gasteiger partial charge in [0, 0.05) is 35.9 Å². The van der Waals surface area contributed by atoms with Crippen molar-refractivity contribution in [1.29, 1.82) is 5.41 Å². The van der Waals surface area contributed by atoms with E-state index in [0.29, 0.717) is 42.8 Å². The van der Waals surface area contributed by atoms with E-state index in [4.69, 9.17) is 16.9 Å². The third-order valence-corrected chi connectivity index (χ3v) is 5.89. The molecule has 7 nitrogen and oxygen atoms in total. The number of amides is 1. The highest BCUT2D eigenvalue weighted by Gasteiger charge is 2.36. The maximum absolute atomic E-state index is 13.0. The van der Waals surface area contributed by atoms with E-state index in [0.717, 1.165) is 25.0 Å². The van der Waals surface area contributed by atoms with Gasteiger partial charge in [0.05, 0.1) is 11.6 Å². The van der Waals surface area contributed by atoms with Gasteiger partial charge < -0.3 is 21.8 Å². The summed E-state index contributed by atoms with van der Waals surface area (Å²) in [5.74, 6) is -0.660. The van der Waals surface area contributed by atoms with Gasteiger partial charge in [-0.1, -0.05) is 54.5 Å². The van der Waals surface area contributed by atoms with Crippen LogP contribution in [-0.4, -0.2) is 46.1 Å². The molecule has 2 unspecified atom stereocenters. The van der Waals surface area contributed by atoms with Crippen molar-refractivity contribution >= 4 is 35.8 Å². The first kappa shape index (κ1) is 38.3. The number of nitrogens with zero attached hydrogens (tertiary/aromatic N) is 2. The number of rotatable bonds is 8. The lowest BCUT2D eigenvalue weighted by Crippen LogP contribution is -2.47. The summed E-state index contributed by atoms with van der Waals surface area (Å²) >= 11 is 3.53. The fourth-order valence-corrected chi connectivity index (χ4v) is 3.72. The monoisotopic (exact) mass is 573 g/mol. The molecule has 5 N–H and O–H groups in total. The molecule has 0 aliphatic carbocycles. The van der Waals surface area contributed by atoms with Gasteiger partial charge in [-0.3, -0.25) is 9.59 Å². The summed E-state index contributed by atoms with van der Waals surface area (Å²) in [5, 5.41) is 8.28. The summed E-state index contributed by atoms with van der Waals surface area (Å²) in [6.07, 6.45) is 1.60. The van der Waals surface area contributed by atoms with E-state index in [1.807, 2.05) is 41.5 Å². The van der Waals surface area contributed by atoms with Gasteiger partial charge in [-0.05, 0) is 43.7 Å². The SMILES string of the molecule is C=CC(=O)C(C)CC.CC.CCCC(=N)C1=C(N)CCN(C(=O)c2ccc(C(F)(F)F)nc2N)C1CC.CS. The molecule has 0 aromatic carbocycles. The molecule has 0 saturated carbocycles. The van der Waals surface area contributed by atoms with E-state index < -0.39 is 29.6 Å². The van der Waals surface area contributed by atoms with Crippen molar-refractivity contribution in [1.82, 2.24) is 9.88 Å². The van der Waals surface area contributed by atoms with Crippen LogP contribution < -0.4 is 11.5 Å². The summed E-state index contributed by atoms with van der Waals surface area (Å²) in [5.41, 5.74) is 12.1. The van der Waals surface area contributed by atoms with Crippen LogP contribution >= 0.6 is 12.6 Å². The Labute approximate surface area is 237 Å². The molecule has 1 amide bonds. The molecule has 0 saturated heterocycles. The van der Waals surface area contributed by atoms with Crippen LogP contribution in [0.4, 0.5) is 19.0 Å². The summed E-state index contributed by atoms with van der Waals surface area (Å²) in [7, 11) is 0. The zero-order chi connectivity index (χ0) is 30.9. The highest BCUT2D eigenvalue weighted by molar-refractivity contribution is 7.79. The van der Waals surface area contributed by atoms with Crippen molar-refractivity contribution in [3.8, 4) is 0 Å². The number of hydrogen-bond donors (Lipinski definition) is 4. The Bertz CT molecular complexity index is 980. The van der Waals surface area contributed by atoms with Crippen LogP contribution in [0.15, 0.2) is 36.1 Å². The van der Waals surface area contributed by atoms with E-state index in [1.54, 1.807) is 6.26 Å².